The number of aromatic nitrogens is 2. The molecule has 0 saturated heterocycles. The Kier molecular flexibility index (Phi) is 5.07. The van der Waals surface area contributed by atoms with E-state index in [-0.39, 0.29) is 16.8 Å². The number of rotatable bonds is 3. The fraction of sp³-hybridized carbons (Fsp3) is 0.389. The van der Waals surface area contributed by atoms with Crippen molar-refractivity contribution in [2.24, 2.45) is 12.2 Å². The van der Waals surface area contributed by atoms with Crippen LogP contribution in [-0.4, -0.2) is 34.7 Å². The second-order valence-corrected chi connectivity index (χ2v) is 6.69. The lowest BCUT2D eigenvalue weighted by atomic mass is 9.89. The SMILES string of the molecule is COC(=O)c1cc(C2=NOC(c3cc(C(F)(F)F)nn3C)(C(F)(F)F)C2)ccc1C. The first-order valence-corrected chi connectivity index (χ1v) is 8.43. The Balaban J connectivity index is 2.05. The lowest BCUT2D eigenvalue weighted by Crippen LogP contribution is -2.44. The number of alkyl halides is 6. The first kappa shape index (κ1) is 21.7. The quantitative estimate of drug-likeness (QED) is 0.538. The smallest absolute Gasteiger partial charge is 0.437 e. The first-order chi connectivity index (χ1) is 13.8. The highest BCUT2D eigenvalue weighted by atomic mass is 19.4. The second-order valence-electron chi connectivity index (χ2n) is 6.69. The molecule has 0 aliphatic carbocycles. The van der Waals surface area contributed by atoms with Crippen molar-refractivity contribution in [3.8, 4) is 0 Å². The Morgan fingerprint density at radius 1 is 1.20 bits per heavy atom. The minimum Gasteiger partial charge on any atom is -0.465 e. The fourth-order valence-electron chi connectivity index (χ4n) is 3.14. The number of hydrogen-bond donors (Lipinski definition) is 0. The summed E-state index contributed by atoms with van der Waals surface area (Å²) < 4.78 is 86.0. The maximum atomic E-state index is 14.0. The summed E-state index contributed by atoms with van der Waals surface area (Å²) in [6.07, 6.45) is -10.9. The van der Waals surface area contributed by atoms with Gasteiger partial charge in [0.15, 0.2) is 5.69 Å². The standard InChI is InChI=1S/C18H15F6N3O3/c1-9-4-5-10(6-11(9)15(28)29-3)12-8-16(30-26-12,18(22,23)24)14-7-13(17(19,20)21)25-27(14)2/h4-7H,8H2,1-3H3. The average molecular weight is 435 g/mol. The number of hydrogen-bond acceptors (Lipinski definition) is 5. The number of oxime groups is 1. The molecule has 30 heavy (non-hydrogen) atoms. The molecule has 162 valence electrons. The summed E-state index contributed by atoms with van der Waals surface area (Å²) in [7, 11) is 2.11. The molecule has 1 aliphatic rings. The summed E-state index contributed by atoms with van der Waals surface area (Å²) in [5, 5.41) is 6.64. The van der Waals surface area contributed by atoms with E-state index in [1.165, 1.54) is 18.2 Å². The molecule has 12 heteroatoms. The van der Waals surface area contributed by atoms with Crippen molar-refractivity contribution in [2.45, 2.75) is 31.3 Å². The van der Waals surface area contributed by atoms with Crippen molar-refractivity contribution >= 4 is 11.7 Å². The number of benzene rings is 1. The molecule has 1 unspecified atom stereocenters. The predicted octanol–water partition coefficient (Wildman–Crippen LogP) is 4.12. The van der Waals surface area contributed by atoms with Gasteiger partial charge in [-0.2, -0.15) is 31.4 Å². The third-order valence-corrected chi connectivity index (χ3v) is 4.75. The highest BCUT2D eigenvalue weighted by molar-refractivity contribution is 6.04. The normalized spacial score (nSPS) is 19.4. The third kappa shape index (κ3) is 3.50. The first-order valence-electron chi connectivity index (χ1n) is 8.43. The van der Waals surface area contributed by atoms with Crippen molar-refractivity contribution in [3.05, 3.63) is 52.3 Å². The van der Waals surface area contributed by atoms with Gasteiger partial charge >= 0.3 is 18.3 Å². The number of halogens is 6. The van der Waals surface area contributed by atoms with E-state index in [0.29, 0.717) is 16.3 Å². The van der Waals surface area contributed by atoms with Crippen molar-refractivity contribution in [1.29, 1.82) is 0 Å². The Labute approximate surface area is 166 Å². The number of aryl methyl sites for hydroxylation is 2. The van der Waals surface area contributed by atoms with Gasteiger partial charge in [0.05, 0.1) is 30.5 Å². The fourth-order valence-corrected chi connectivity index (χ4v) is 3.14. The largest absolute Gasteiger partial charge is 0.465 e. The highest BCUT2D eigenvalue weighted by Gasteiger charge is 2.64. The van der Waals surface area contributed by atoms with Crippen LogP contribution < -0.4 is 0 Å². The van der Waals surface area contributed by atoms with E-state index in [2.05, 4.69) is 15.0 Å². The molecule has 2 heterocycles. The summed E-state index contributed by atoms with van der Waals surface area (Å²) in [6.45, 7) is 1.61. The van der Waals surface area contributed by atoms with Gasteiger partial charge in [0.1, 0.15) is 0 Å². The number of ether oxygens (including phenoxy) is 1. The molecule has 0 fully saturated rings. The topological polar surface area (TPSA) is 65.7 Å². The van der Waals surface area contributed by atoms with Gasteiger partial charge in [-0.1, -0.05) is 17.3 Å². The summed E-state index contributed by atoms with van der Waals surface area (Å²) in [4.78, 5) is 16.6. The molecule has 0 spiro atoms. The molecule has 1 aliphatic heterocycles. The lowest BCUT2D eigenvalue weighted by Gasteiger charge is -2.28. The zero-order valence-corrected chi connectivity index (χ0v) is 15.9. The van der Waals surface area contributed by atoms with Gasteiger partial charge in [0.25, 0.3) is 5.60 Å². The van der Waals surface area contributed by atoms with E-state index in [9.17, 15) is 31.1 Å². The molecule has 6 nitrogen and oxygen atoms in total. The van der Waals surface area contributed by atoms with Gasteiger partial charge in [-0.05, 0) is 24.6 Å². The summed E-state index contributed by atoms with van der Waals surface area (Å²) in [6, 6.07) is 4.51. The zero-order chi connectivity index (χ0) is 22.5. The van der Waals surface area contributed by atoms with Crippen molar-refractivity contribution in [2.75, 3.05) is 7.11 Å². The number of methoxy groups -OCH3 is 1. The van der Waals surface area contributed by atoms with Gasteiger partial charge in [-0.3, -0.25) is 4.68 Å². The van der Waals surface area contributed by atoms with Gasteiger partial charge in [-0.15, -0.1) is 0 Å². The predicted molar refractivity (Wildman–Crippen MR) is 90.7 cm³/mol. The van der Waals surface area contributed by atoms with E-state index in [4.69, 9.17) is 4.84 Å². The minimum atomic E-state index is -5.11. The molecule has 1 atom stereocenters. The second kappa shape index (κ2) is 7.03. The van der Waals surface area contributed by atoms with Gasteiger partial charge in [0.2, 0.25) is 0 Å². The maximum Gasteiger partial charge on any atom is 0.437 e. The Morgan fingerprint density at radius 3 is 2.40 bits per heavy atom. The molecular formula is C18H15F6N3O3. The molecule has 0 saturated carbocycles. The third-order valence-electron chi connectivity index (χ3n) is 4.75. The summed E-state index contributed by atoms with van der Waals surface area (Å²) in [5.74, 6) is -0.697. The van der Waals surface area contributed by atoms with Gasteiger partial charge < -0.3 is 9.57 Å². The monoisotopic (exact) mass is 435 g/mol. The average Bonchev–Trinajstić information content (AvgIpc) is 3.25. The van der Waals surface area contributed by atoms with Crippen LogP contribution in [0.5, 0.6) is 0 Å². The molecule has 0 N–H and O–H groups in total. The summed E-state index contributed by atoms with van der Waals surface area (Å²) >= 11 is 0. The van der Waals surface area contributed by atoms with Crippen LogP contribution in [0.25, 0.3) is 0 Å². The van der Waals surface area contributed by atoms with Crippen LogP contribution in [0.2, 0.25) is 0 Å². The van der Waals surface area contributed by atoms with E-state index in [0.717, 1.165) is 14.2 Å². The van der Waals surface area contributed by atoms with Gasteiger partial charge in [-0.25, -0.2) is 4.79 Å². The van der Waals surface area contributed by atoms with Crippen molar-refractivity contribution < 1.29 is 40.7 Å². The van der Waals surface area contributed by atoms with Crippen LogP contribution in [0.1, 0.15) is 39.3 Å². The van der Waals surface area contributed by atoms with E-state index in [1.807, 2.05) is 0 Å². The van der Waals surface area contributed by atoms with Crippen LogP contribution in [-0.2, 0) is 28.4 Å². The molecular weight excluding hydrogens is 420 g/mol. The van der Waals surface area contributed by atoms with Crippen molar-refractivity contribution in [1.82, 2.24) is 9.78 Å². The molecule has 0 bridgehead atoms. The number of carbonyl (C=O) groups is 1. The van der Waals surface area contributed by atoms with E-state index < -0.39 is 41.7 Å². The van der Waals surface area contributed by atoms with E-state index in [1.54, 1.807) is 6.92 Å². The molecule has 0 radical (unpaired) electrons. The van der Waals surface area contributed by atoms with Gasteiger partial charge in [0, 0.05) is 12.6 Å². The molecule has 1 aromatic carbocycles. The molecule has 0 amide bonds. The lowest BCUT2D eigenvalue weighted by molar-refractivity contribution is -0.278. The van der Waals surface area contributed by atoms with E-state index >= 15 is 0 Å². The molecule has 1 aromatic heterocycles. The molecule has 2 aromatic rings. The number of esters is 1. The van der Waals surface area contributed by atoms with Crippen LogP contribution in [0.4, 0.5) is 26.3 Å². The van der Waals surface area contributed by atoms with Crippen LogP contribution in [0.3, 0.4) is 0 Å². The highest BCUT2D eigenvalue weighted by Crippen LogP contribution is 2.49. The number of nitrogens with zero attached hydrogens (tertiary/aromatic N) is 3. The Morgan fingerprint density at radius 2 is 1.87 bits per heavy atom. The van der Waals surface area contributed by atoms with Crippen LogP contribution in [0, 0.1) is 6.92 Å². The zero-order valence-electron chi connectivity index (χ0n) is 15.9. The number of carbonyl (C=O) groups excluding carboxylic acids is 1. The maximum absolute atomic E-state index is 14.0. The van der Waals surface area contributed by atoms with Crippen LogP contribution >= 0.6 is 0 Å². The minimum absolute atomic E-state index is 0.113. The molecule has 3 rings (SSSR count). The Bertz CT molecular complexity index is 1030. The van der Waals surface area contributed by atoms with Crippen molar-refractivity contribution in [3.63, 3.8) is 0 Å². The summed E-state index contributed by atoms with van der Waals surface area (Å²) in [5.41, 5.74) is -4.90. The van der Waals surface area contributed by atoms with Crippen LogP contribution in [0.15, 0.2) is 29.4 Å². The Hall–Kier alpha value is -3.05.